The molecule has 1 aromatic rings. The number of rotatable bonds is 3. The van der Waals surface area contributed by atoms with Gasteiger partial charge in [0.2, 0.25) is 0 Å². The molecule has 2 saturated carbocycles. The molecule has 1 N–H and O–H groups in total. The summed E-state index contributed by atoms with van der Waals surface area (Å²) in [4.78, 5) is 14.1. The molecule has 106 valence electrons. The highest BCUT2D eigenvalue weighted by Gasteiger charge is 2.36. The molecule has 0 aliphatic heterocycles. The number of carbonyl (C=O) groups is 1. The van der Waals surface area contributed by atoms with E-state index < -0.39 is 0 Å². The van der Waals surface area contributed by atoms with Gasteiger partial charge in [0.15, 0.2) is 0 Å². The highest BCUT2D eigenvalue weighted by atomic mass is 16.2. The molecular weight excluding hydrogens is 250 g/mol. The van der Waals surface area contributed by atoms with Crippen LogP contribution >= 0.6 is 0 Å². The molecule has 4 heteroatoms. The van der Waals surface area contributed by atoms with E-state index in [1.807, 2.05) is 43.3 Å². The Balaban J connectivity index is 1.63. The minimum absolute atomic E-state index is 0.120. The van der Waals surface area contributed by atoms with E-state index in [-0.39, 0.29) is 5.91 Å². The maximum absolute atomic E-state index is 12.1. The van der Waals surface area contributed by atoms with Crippen molar-refractivity contribution in [3.8, 4) is 0 Å². The van der Waals surface area contributed by atoms with Crippen molar-refractivity contribution in [1.29, 1.82) is 0 Å². The quantitative estimate of drug-likeness (QED) is 0.859. The molecule has 1 aromatic carbocycles. The molecule has 2 fully saturated rings. The number of hydrogen-bond donors (Lipinski definition) is 1. The van der Waals surface area contributed by atoms with E-state index in [0.29, 0.717) is 11.5 Å². The molecule has 2 aliphatic carbocycles. The van der Waals surface area contributed by atoms with Gasteiger partial charge >= 0.3 is 0 Å². The summed E-state index contributed by atoms with van der Waals surface area (Å²) in [5.74, 6) is 1.32. The topological polar surface area (TPSA) is 44.7 Å². The lowest BCUT2D eigenvalue weighted by Crippen LogP contribution is -2.22. The first-order chi connectivity index (χ1) is 9.63. The number of benzene rings is 1. The molecule has 1 amide bonds. The third-order valence-corrected chi connectivity index (χ3v) is 4.46. The maximum atomic E-state index is 12.1. The highest BCUT2D eigenvalue weighted by Crippen LogP contribution is 2.42. The van der Waals surface area contributed by atoms with Gasteiger partial charge in [-0.1, -0.05) is 0 Å². The zero-order valence-corrected chi connectivity index (χ0v) is 12.1. The van der Waals surface area contributed by atoms with E-state index in [2.05, 4.69) is 10.5 Å². The standard InChI is InChI=1S/C16H21N3O/c1-19(2)14-7-5-12(6-8-14)16(20)18-17-15-10-11-3-4-13(15)9-11/h5-8,11,13H,3-4,9-10H2,1-2H3,(H,18,20)/b17-15-/t11-,13-/m1/s1. The number of carbonyl (C=O) groups excluding carboxylic acids is 1. The van der Waals surface area contributed by atoms with Crippen LogP contribution < -0.4 is 10.3 Å². The number of amides is 1. The van der Waals surface area contributed by atoms with Crippen molar-refractivity contribution >= 4 is 17.3 Å². The van der Waals surface area contributed by atoms with Crippen LogP contribution in [0.1, 0.15) is 36.0 Å². The minimum atomic E-state index is -0.120. The molecule has 0 aromatic heterocycles. The van der Waals surface area contributed by atoms with Gasteiger partial charge in [0.25, 0.3) is 5.91 Å². The van der Waals surface area contributed by atoms with Crippen LogP contribution in [-0.2, 0) is 0 Å². The average molecular weight is 271 g/mol. The second kappa shape index (κ2) is 5.27. The summed E-state index contributed by atoms with van der Waals surface area (Å²) in [5.41, 5.74) is 5.64. The van der Waals surface area contributed by atoms with Gasteiger partial charge in [-0.05, 0) is 61.8 Å². The largest absolute Gasteiger partial charge is 0.378 e. The Morgan fingerprint density at radius 2 is 2.00 bits per heavy atom. The summed E-state index contributed by atoms with van der Waals surface area (Å²) in [7, 11) is 3.96. The Morgan fingerprint density at radius 1 is 1.25 bits per heavy atom. The maximum Gasteiger partial charge on any atom is 0.271 e. The molecular formula is C16H21N3O. The van der Waals surface area contributed by atoms with Crippen LogP contribution in [0.15, 0.2) is 29.4 Å². The summed E-state index contributed by atoms with van der Waals surface area (Å²) in [5, 5.41) is 4.35. The number of hydrogen-bond acceptors (Lipinski definition) is 3. The van der Waals surface area contributed by atoms with Crippen LogP contribution in [0.4, 0.5) is 5.69 Å². The van der Waals surface area contributed by atoms with Crippen molar-refractivity contribution in [2.24, 2.45) is 16.9 Å². The first-order valence-corrected chi connectivity index (χ1v) is 7.27. The van der Waals surface area contributed by atoms with Gasteiger partial charge in [-0.2, -0.15) is 5.10 Å². The Hall–Kier alpha value is -1.84. The number of nitrogens with one attached hydrogen (secondary N) is 1. The van der Waals surface area contributed by atoms with Gasteiger partial charge in [-0.25, -0.2) is 5.43 Å². The normalized spacial score (nSPS) is 26.0. The van der Waals surface area contributed by atoms with Crippen LogP contribution in [0, 0.1) is 11.8 Å². The lowest BCUT2D eigenvalue weighted by Gasteiger charge is -2.13. The molecule has 0 spiro atoms. The van der Waals surface area contributed by atoms with Gasteiger partial charge in [0, 0.05) is 31.1 Å². The van der Waals surface area contributed by atoms with Gasteiger partial charge < -0.3 is 4.90 Å². The zero-order chi connectivity index (χ0) is 14.1. The Kier molecular flexibility index (Phi) is 3.47. The third kappa shape index (κ3) is 2.55. The molecule has 2 aliphatic rings. The lowest BCUT2D eigenvalue weighted by molar-refractivity contribution is 0.0954. The third-order valence-electron chi connectivity index (χ3n) is 4.46. The van der Waals surface area contributed by atoms with Crippen molar-refractivity contribution in [2.45, 2.75) is 25.7 Å². The number of anilines is 1. The fourth-order valence-corrected chi connectivity index (χ4v) is 3.26. The molecule has 20 heavy (non-hydrogen) atoms. The van der Waals surface area contributed by atoms with E-state index >= 15 is 0 Å². The Labute approximate surface area is 119 Å². The van der Waals surface area contributed by atoms with Crippen LogP contribution in [-0.4, -0.2) is 25.7 Å². The van der Waals surface area contributed by atoms with E-state index in [0.717, 1.165) is 18.0 Å². The fourth-order valence-electron chi connectivity index (χ4n) is 3.26. The van der Waals surface area contributed by atoms with Crippen LogP contribution in [0.25, 0.3) is 0 Å². The summed E-state index contributed by atoms with van der Waals surface area (Å²) in [6.45, 7) is 0. The lowest BCUT2D eigenvalue weighted by atomic mass is 9.99. The molecule has 2 bridgehead atoms. The number of fused-ring (bicyclic) bond motifs is 2. The first kappa shape index (κ1) is 13.2. The molecule has 3 rings (SSSR count). The summed E-state index contributed by atoms with van der Waals surface area (Å²) in [6, 6.07) is 7.57. The average Bonchev–Trinajstić information content (AvgIpc) is 3.07. The van der Waals surface area contributed by atoms with Crippen molar-refractivity contribution in [3.05, 3.63) is 29.8 Å². The van der Waals surface area contributed by atoms with Crippen LogP contribution in [0.3, 0.4) is 0 Å². The van der Waals surface area contributed by atoms with Gasteiger partial charge in [0.05, 0.1) is 0 Å². The monoisotopic (exact) mass is 271 g/mol. The van der Waals surface area contributed by atoms with Gasteiger partial charge in [0.1, 0.15) is 0 Å². The van der Waals surface area contributed by atoms with E-state index in [9.17, 15) is 4.79 Å². The SMILES string of the molecule is CN(C)c1ccc(C(=O)N/N=C2/C[C@@H]3CC[C@@H]2C3)cc1. The Morgan fingerprint density at radius 3 is 2.55 bits per heavy atom. The van der Waals surface area contributed by atoms with E-state index in [4.69, 9.17) is 0 Å². The predicted octanol–water partition coefficient (Wildman–Crippen LogP) is 2.66. The van der Waals surface area contributed by atoms with Crippen molar-refractivity contribution in [3.63, 3.8) is 0 Å². The van der Waals surface area contributed by atoms with Crippen molar-refractivity contribution < 1.29 is 4.79 Å². The molecule has 2 atom stereocenters. The minimum Gasteiger partial charge on any atom is -0.378 e. The zero-order valence-electron chi connectivity index (χ0n) is 12.1. The smallest absolute Gasteiger partial charge is 0.271 e. The highest BCUT2D eigenvalue weighted by molar-refractivity contribution is 5.96. The first-order valence-electron chi connectivity index (χ1n) is 7.27. The van der Waals surface area contributed by atoms with Crippen LogP contribution in [0.2, 0.25) is 0 Å². The predicted molar refractivity (Wildman–Crippen MR) is 81.1 cm³/mol. The summed E-state index contributed by atoms with van der Waals surface area (Å²) >= 11 is 0. The van der Waals surface area contributed by atoms with Crippen LogP contribution in [0.5, 0.6) is 0 Å². The van der Waals surface area contributed by atoms with E-state index in [1.54, 1.807) is 0 Å². The van der Waals surface area contributed by atoms with Crippen molar-refractivity contribution in [2.75, 3.05) is 19.0 Å². The fraction of sp³-hybridized carbons (Fsp3) is 0.500. The summed E-state index contributed by atoms with van der Waals surface area (Å²) < 4.78 is 0. The van der Waals surface area contributed by atoms with Gasteiger partial charge in [-0.3, -0.25) is 4.79 Å². The summed E-state index contributed by atoms with van der Waals surface area (Å²) in [6.07, 6.45) is 4.93. The Bertz CT molecular complexity index is 533. The molecule has 0 radical (unpaired) electrons. The second-order valence-electron chi connectivity index (χ2n) is 6.07. The number of nitrogens with zero attached hydrogens (tertiary/aromatic N) is 2. The second-order valence-corrected chi connectivity index (χ2v) is 6.07. The molecule has 0 heterocycles. The molecule has 0 saturated heterocycles. The van der Waals surface area contributed by atoms with Gasteiger partial charge in [-0.15, -0.1) is 0 Å². The molecule has 0 unspecified atom stereocenters. The van der Waals surface area contributed by atoms with E-state index in [1.165, 1.54) is 25.0 Å². The molecule has 4 nitrogen and oxygen atoms in total. The number of hydrazone groups is 1. The van der Waals surface area contributed by atoms with Crippen molar-refractivity contribution in [1.82, 2.24) is 5.43 Å².